The Balaban J connectivity index is 2.61. The third kappa shape index (κ3) is 4.80. The summed E-state index contributed by atoms with van der Waals surface area (Å²) in [4.78, 5) is 23.3. The molecule has 0 aromatic carbocycles. The molecule has 19 heavy (non-hydrogen) atoms. The molecular weight excluding hydrogens is 312 g/mol. The molecule has 0 aliphatic rings. The quantitative estimate of drug-likeness (QED) is 0.850. The first kappa shape index (κ1) is 15.9. The lowest BCUT2D eigenvalue weighted by Gasteiger charge is -2.27. The molecule has 0 bridgehead atoms. The number of nitrogens with zero attached hydrogens (tertiary/aromatic N) is 1. The van der Waals surface area contributed by atoms with E-state index in [0.29, 0.717) is 0 Å². The molecule has 0 fully saturated rings. The normalized spacial score (nSPS) is 14.2. The van der Waals surface area contributed by atoms with Crippen molar-refractivity contribution in [3.63, 3.8) is 0 Å². The highest BCUT2D eigenvalue weighted by Gasteiger charge is 2.25. The van der Waals surface area contributed by atoms with Gasteiger partial charge in [0, 0.05) is 23.3 Å². The molecule has 1 rings (SSSR count). The predicted octanol–water partition coefficient (Wildman–Crippen LogP) is 1.13. The standard InChI is InChI=1S/C13H19BrN2O3/c1-9(2)13(3,19)8-15-11(17)7-16-6-10(14)4-5-12(16)18/h4-6,9,19H,7-8H2,1-3H3,(H,15,17). The number of rotatable bonds is 5. The van der Waals surface area contributed by atoms with Crippen LogP contribution in [-0.4, -0.2) is 27.7 Å². The van der Waals surface area contributed by atoms with Crippen molar-refractivity contribution in [2.24, 2.45) is 5.92 Å². The molecule has 5 nitrogen and oxygen atoms in total. The predicted molar refractivity (Wildman–Crippen MR) is 76.9 cm³/mol. The molecule has 0 radical (unpaired) electrons. The third-order valence-corrected chi connectivity index (χ3v) is 3.62. The van der Waals surface area contributed by atoms with Gasteiger partial charge in [-0.2, -0.15) is 0 Å². The second-order valence-corrected chi connectivity index (χ2v) is 6.02. The number of hydrogen-bond acceptors (Lipinski definition) is 3. The van der Waals surface area contributed by atoms with E-state index in [4.69, 9.17) is 0 Å². The van der Waals surface area contributed by atoms with Gasteiger partial charge in [-0.1, -0.05) is 13.8 Å². The van der Waals surface area contributed by atoms with Gasteiger partial charge in [0.1, 0.15) is 6.54 Å². The lowest BCUT2D eigenvalue weighted by Crippen LogP contribution is -2.45. The van der Waals surface area contributed by atoms with Crippen LogP contribution < -0.4 is 10.9 Å². The van der Waals surface area contributed by atoms with E-state index in [9.17, 15) is 14.7 Å². The van der Waals surface area contributed by atoms with Crippen molar-refractivity contribution in [3.05, 3.63) is 33.2 Å². The molecule has 0 saturated heterocycles. The van der Waals surface area contributed by atoms with Crippen LogP contribution in [0.25, 0.3) is 0 Å². The van der Waals surface area contributed by atoms with Gasteiger partial charge in [-0.3, -0.25) is 9.59 Å². The van der Waals surface area contributed by atoms with Gasteiger partial charge in [-0.25, -0.2) is 0 Å². The van der Waals surface area contributed by atoms with Crippen molar-refractivity contribution in [1.29, 1.82) is 0 Å². The minimum Gasteiger partial charge on any atom is -0.388 e. The van der Waals surface area contributed by atoms with Crippen LogP contribution in [0.2, 0.25) is 0 Å². The number of aromatic nitrogens is 1. The van der Waals surface area contributed by atoms with Gasteiger partial charge in [-0.05, 0) is 34.8 Å². The first-order valence-corrected chi connectivity index (χ1v) is 6.87. The summed E-state index contributed by atoms with van der Waals surface area (Å²) >= 11 is 3.24. The summed E-state index contributed by atoms with van der Waals surface area (Å²) < 4.78 is 2.04. The zero-order valence-electron chi connectivity index (χ0n) is 11.3. The van der Waals surface area contributed by atoms with Crippen LogP contribution in [0.1, 0.15) is 20.8 Å². The fraction of sp³-hybridized carbons (Fsp3) is 0.538. The average molecular weight is 331 g/mol. The largest absolute Gasteiger partial charge is 0.388 e. The monoisotopic (exact) mass is 330 g/mol. The minimum absolute atomic E-state index is 0.0291. The van der Waals surface area contributed by atoms with E-state index in [-0.39, 0.29) is 30.5 Å². The molecule has 1 aromatic rings. The lowest BCUT2D eigenvalue weighted by atomic mass is 9.92. The molecule has 2 N–H and O–H groups in total. The van der Waals surface area contributed by atoms with Crippen LogP contribution in [0, 0.1) is 5.92 Å². The highest BCUT2D eigenvalue weighted by atomic mass is 79.9. The van der Waals surface area contributed by atoms with Gasteiger partial charge in [0.25, 0.3) is 5.56 Å². The van der Waals surface area contributed by atoms with Crippen molar-refractivity contribution >= 4 is 21.8 Å². The SMILES string of the molecule is CC(C)C(C)(O)CNC(=O)Cn1cc(Br)ccc1=O. The first-order chi connectivity index (χ1) is 8.72. The number of aliphatic hydroxyl groups is 1. The molecule has 1 atom stereocenters. The summed E-state index contributed by atoms with van der Waals surface area (Å²) in [6, 6.07) is 3.02. The maximum atomic E-state index is 11.7. The van der Waals surface area contributed by atoms with Crippen molar-refractivity contribution in [2.75, 3.05) is 6.54 Å². The summed E-state index contributed by atoms with van der Waals surface area (Å²) in [5, 5.41) is 12.7. The summed E-state index contributed by atoms with van der Waals surface area (Å²) in [5.41, 5.74) is -1.20. The maximum Gasteiger partial charge on any atom is 0.251 e. The van der Waals surface area contributed by atoms with Crippen LogP contribution in [0.4, 0.5) is 0 Å². The zero-order chi connectivity index (χ0) is 14.6. The van der Waals surface area contributed by atoms with Gasteiger partial charge in [0.15, 0.2) is 0 Å². The summed E-state index contributed by atoms with van der Waals surface area (Å²) in [5.74, 6) is -0.275. The number of nitrogens with one attached hydrogen (secondary N) is 1. The number of carbonyl (C=O) groups excluding carboxylic acids is 1. The van der Waals surface area contributed by atoms with Gasteiger partial charge >= 0.3 is 0 Å². The number of hydrogen-bond donors (Lipinski definition) is 2. The molecular formula is C13H19BrN2O3. The van der Waals surface area contributed by atoms with E-state index >= 15 is 0 Å². The Morgan fingerprint density at radius 1 is 1.53 bits per heavy atom. The second kappa shape index (κ2) is 6.34. The summed E-state index contributed by atoms with van der Waals surface area (Å²) in [7, 11) is 0. The Morgan fingerprint density at radius 3 is 2.74 bits per heavy atom. The van der Waals surface area contributed by atoms with Crippen LogP contribution in [0.5, 0.6) is 0 Å². The van der Waals surface area contributed by atoms with Crippen molar-refractivity contribution in [3.8, 4) is 0 Å². The molecule has 1 heterocycles. The Labute approximate surface area is 120 Å². The van der Waals surface area contributed by atoms with Crippen molar-refractivity contribution in [2.45, 2.75) is 32.9 Å². The van der Waals surface area contributed by atoms with Gasteiger partial charge in [0.2, 0.25) is 5.91 Å². The van der Waals surface area contributed by atoms with E-state index < -0.39 is 5.60 Å². The third-order valence-electron chi connectivity index (χ3n) is 3.15. The smallest absolute Gasteiger partial charge is 0.251 e. The molecule has 1 aromatic heterocycles. The number of carbonyl (C=O) groups is 1. The van der Waals surface area contributed by atoms with E-state index in [2.05, 4.69) is 21.2 Å². The Hall–Kier alpha value is -1.14. The second-order valence-electron chi connectivity index (χ2n) is 5.10. The van der Waals surface area contributed by atoms with Gasteiger partial charge < -0.3 is 15.0 Å². The number of amides is 1. The first-order valence-electron chi connectivity index (χ1n) is 6.07. The number of halogens is 1. The molecule has 0 aliphatic heterocycles. The molecule has 106 valence electrons. The fourth-order valence-electron chi connectivity index (χ4n) is 1.32. The van der Waals surface area contributed by atoms with E-state index in [0.717, 1.165) is 4.47 Å². The minimum atomic E-state index is -0.960. The van der Waals surface area contributed by atoms with Crippen molar-refractivity contribution < 1.29 is 9.90 Å². The lowest BCUT2D eigenvalue weighted by molar-refractivity contribution is -0.123. The number of pyridine rings is 1. The topological polar surface area (TPSA) is 71.3 Å². The Morgan fingerprint density at radius 2 is 2.16 bits per heavy atom. The zero-order valence-corrected chi connectivity index (χ0v) is 12.9. The molecule has 6 heteroatoms. The average Bonchev–Trinajstić information content (AvgIpc) is 2.31. The van der Waals surface area contributed by atoms with Crippen LogP contribution in [0.3, 0.4) is 0 Å². The highest BCUT2D eigenvalue weighted by Crippen LogP contribution is 2.14. The van der Waals surface area contributed by atoms with Gasteiger partial charge in [0.05, 0.1) is 5.60 Å². The van der Waals surface area contributed by atoms with E-state index in [1.165, 1.54) is 10.6 Å². The summed E-state index contributed by atoms with van der Waals surface area (Å²) in [6.07, 6.45) is 1.56. The Bertz CT molecular complexity index is 509. The molecule has 0 saturated carbocycles. The van der Waals surface area contributed by atoms with Crippen molar-refractivity contribution in [1.82, 2.24) is 9.88 Å². The molecule has 0 aliphatic carbocycles. The highest BCUT2D eigenvalue weighted by molar-refractivity contribution is 9.10. The van der Waals surface area contributed by atoms with E-state index in [1.54, 1.807) is 19.2 Å². The van der Waals surface area contributed by atoms with E-state index in [1.807, 2.05) is 13.8 Å². The summed E-state index contributed by atoms with van der Waals surface area (Å²) in [6.45, 7) is 5.53. The van der Waals surface area contributed by atoms with Crippen LogP contribution in [0.15, 0.2) is 27.6 Å². The fourth-order valence-corrected chi connectivity index (χ4v) is 1.70. The molecule has 0 spiro atoms. The molecule has 1 unspecified atom stereocenters. The Kier molecular flexibility index (Phi) is 5.31. The van der Waals surface area contributed by atoms with Crippen LogP contribution in [-0.2, 0) is 11.3 Å². The molecule has 1 amide bonds. The van der Waals surface area contributed by atoms with Gasteiger partial charge in [-0.15, -0.1) is 0 Å². The van der Waals surface area contributed by atoms with Crippen LogP contribution >= 0.6 is 15.9 Å². The maximum absolute atomic E-state index is 11.7.